The summed E-state index contributed by atoms with van der Waals surface area (Å²) in [7, 11) is 2.06. The van der Waals surface area contributed by atoms with Gasteiger partial charge < -0.3 is 9.64 Å². The molecule has 3 rings (SSSR count). The van der Waals surface area contributed by atoms with E-state index in [2.05, 4.69) is 78.1 Å². The fourth-order valence-electron chi connectivity index (χ4n) is 3.12. The van der Waals surface area contributed by atoms with Crippen molar-refractivity contribution in [3.05, 3.63) is 57.0 Å². The SMILES string of the molecule is CC(C)c1cc2nc(/C=C/c3cccc(Br)c3)sc2cc1N(C)CCOCCF. The molecule has 1 heterocycles. The van der Waals surface area contributed by atoms with Gasteiger partial charge in [-0.3, -0.25) is 0 Å². The number of fused-ring (bicyclic) bond motifs is 1. The highest BCUT2D eigenvalue weighted by Crippen LogP contribution is 2.34. The number of ether oxygens (including phenoxy) is 1. The van der Waals surface area contributed by atoms with Gasteiger partial charge in [0, 0.05) is 23.8 Å². The van der Waals surface area contributed by atoms with Crippen molar-refractivity contribution in [1.82, 2.24) is 4.98 Å². The normalized spacial score (nSPS) is 11.8. The Kier molecular flexibility index (Phi) is 7.81. The van der Waals surface area contributed by atoms with Crippen LogP contribution in [0.2, 0.25) is 0 Å². The molecule has 0 bridgehead atoms. The molecular weight excluding hydrogens is 451 g/mol. The lowest BCUT2D eigenvalue weighted by Crippen LogP contribution is -2.24. The van der Waals surface area contributed by atoms with Crippen molar-refractivity contribution in [2.75, 3.05) is 38.4 Å². The topological polar surface area (TPSA) is 25.4 Å². The molecule has 0 amide bonds. The highest BCUT2D eigenvalue weighted by atomic mass is 79.9. The Hall–Kier alpha value is -1.76. The smallest absolute Gasteiger partial charge is 0.117 e. The van der Waals surface area contributed by atoms with Crippen LogP contribution in [-0.4, -0.2) is 38.5 Å². The summed E-state index contributed by atoms with van der Waals surface area (Å²) in [6.07, 6.45) is 4.15. The van der Waals surface area contributed by atoms with E-state index < -0.39 is 6.67 Å². The van der Waals surface area contributed by atoms with Gasteiger partial charge in [-0.1, -0.05) is 48.0 Å². The van der Waals surface area contributed by atoms with Gasteiger partial charge in [-0.15, -0.1) is 11.3 Å². The monoisotopic (exact) mass is 476 g/mol. The van der Waals surface area contributed by atoms with E-state index >= 15 is 0 Å². The second-order valence-corrected chi connectivity index (χ2v) is 9.17. The van der Waals surface area contributed by atoms with Crippen molar-refractivity contribution in [1.29, 1.82) is 0 Å². The number of thiazole rings is 1. The van der Waals surface area contributed by atoms with Crippen LogP contribution in [0.15, 0.2) is 40.9 Å². The van der Waals surface area contributed by atoms with Gasteiger partial charge in [0.2, 0.25) is 0 Å². The van der Waals surface area contributed by atoms with Crippen molar-refractivity contribution < 1.29 is 9.13 Å². The van der Waals surface area contributed by atoms with Gasteiger partial charge in [-0.05, 0) is 47.4 Å². The first kappa shape index (κ1) is 21.9. The van der Waals surface area contributed by atoms with Gasteiger partial charge in [0.15, 0.2) is 0 Å². The lowest BCUT2D eigenvalue weighted by Gasteiger charge is -2.24. The van der Waals surface area contributed by atoms with E-state index in [0.29, 0.717) is 12.5 Å². The van der Waals surface area contributed by atoms with E-state index in [9.17, 15) is 4.39 Å². The van der Waals surface area contributed by atoms with Crippen LogP contribution in [0.25, 0.3) is 22.4 Å². The van der Waals surface area contributed by atoms with Crippen LogP contribution in [0.4, 0.5) is 10.1 Å². The first-order valence-electron chi connectivity index (χ1n) is 9.71. The van der Waals surface area contributed by atoms with Crippen LogP contribution in [-0.2, 0) is 4.74 Å². The van der Waals surface area contributed by atoms with E-state index in [1.807, 2.05) is 12.1 Å². The first-order chi connectivity index (χ1) is 14.0. The van der Waals surface area contributed by atoms with Crippen LogP contribution in [0.1, 0.15) is 35.9 Å². The molecule has 154 valence electrons. The van der Waals surface area contributed by atoms with Crippen molar-refractivity contribution >= 4 is 55.3 Å². The molecule has 3 nitrogen and oxygen atoms in total. The molecule has 6 heteroatoms. The Morgan fingerprint density at radius 2 is 2.03 bits per heavy atom. The lowest BCUT2D eigenvalue weighted by atomic mass is 10.00. The summed E-state index contributed by atoms with van der Waals surface area (Å²) in [5, 5.41) is 0.987. The highest BCUT2D eigenvalue weighted by molar-refractivity contribution is 9.10. The number of hydrogen-bond donors (Lipinski definition) is 0. The van der Waals surface area contributed by atoms with Crippen LogP contribution < -0.4 is 4.90 Å². The van der Waals surface area contributed by atoms with E-state index in [0.717, 1.165) is 31.8 Å². The predicted octanol–water partition coefficient (Wildman–Crippen LogP) is 6.77. The fourth-order valence-corrected chi connectivity index (χ4v) is 4.42. The highest BCUT2D eigenvalue weighted by Gasteiger charge is 2.14. The molecule has 0 N–H and O–H groups in total. The third-order valence-electron chi connectivity index (χ3n) is 4.65. The molecular formula is C23H26BrFN2OS. The Morgan fingerprint density at radius 1 is 1.21 bits per heavy atom. The zero-order valence-electron chi connectivity index (χ0n) is 17.0. The molecule has 0 aliphatic carbocycles. The minimum atomic E-state index is -0.440. The molecule has 1 aromatic heterocycles. The third kappa shape index (κ3) is 5.87. The Labute approximate surface area is 184 Å². The minimum Gasteiger partial charge on any atom is -0.377 e. The van der Waals surface area contributed by atoms with Gasteiger partial charge in [0.25, 0.3) is 0 Å². The van der Waals surface area contributed by atoms with Gasteiger partial charge in [-0.25, -0.2) is 9.37 Å². The number of nitrogens with zero attached hydrogens (tertiary/aromatic N) is 2. The molecule has 0 unspecified atom stereocenters. The number of likely N-dealkylation sites (N-methyl/N-ethyl adjacent to an activating group) is 1. The summed E-state index contributed by atoms with van der Waals surface area (Å²) < 4.78 is 19.8. The number of benzene rings is 2. The summed E-state index contributed by atoms with van der Waals surface area (Å²) in [5.74, 6) is 0.381. The lowest BCUT2D eigenvalue weighted by molar-refractivity contribution is 0.125. The summed E-state index contributed by atoms with van der Waals surface area (Å²) in [4.78, 5) is 7.00. The summed E-state index contributed by atoms with van der Waals surface area (Å²) in [5.41, 5.74) is 4.61. The van der Waals surface area contributed by atoms with E-state index in [1.54, 1.807) is 11.3 Å². The van der Waals surface area contributed by atoms with Crippen LogP contribution in [0, 0.1) is 0 Å². The molecule has 3 aromatic rings. The first-order valence-corrected chi connectivity index (χ1v) is 11.3. The van der Waals surface area contributed by atoms with Crippen molar-refractivity contribution in [3.63, 3.8) is 0 Å². The van der Waals surface area contributed by atoms with Crippen molar-refractivity contribution in [3.8, 4) is 0 Å². The second-order valence-electron chi connectivity index (χ2n) is 7.20. The van der Waals surface area contributed by atoms with Crippen molar-refractivity contribution in [2.24, 2.45) is 0 Å². The van der Waals surface area contributed by atoms with E-state index in [-0.39, 0.29) is 6.61 Å². The number of halogens is 2. The van der Waals surface area contributed by atoms with Crippen molar-refractivity contribution in [2.45, 2.75) is 19.8 Å². The van der Waals surface area contributed by atoms with Gasteiger partial charge in [0.1, 0.15) is 11.7 Å². The minimum absolute atomic E-state index is 0.159. The standard InChI is InChI=1S/C23H26BrFN2OS/c1-16(2)19-14-20-22(15-21(19)27(3)10-12-28-11-9-25)29-23(26-20)8-7-17-5-4-6-18(24)13-17/h4-8,13-16H,9-12H2,1-3H3/b8-7+. The molecule has 0 saturated carbocycles. The van der Waals surface area contributed by atoms with Gasteiger partial charge in [-0.2, -0.15) is 0 Å². The quantitative estimate of drug-likeness (QED) is 0.318. The average molecular weight is 477 g/mol. The van der Waals surface area contributed by atoms with Crippen LogP contribution >= 0.6 is 27.3 Å². The van der Waals surface area contributed by atoms with E-state index in [1.165, 1.54) is 11.3 Å². The molecule has 0 spiro atoms. The Balaban J connectivity index is 1.86. The van der Waals surface area contributed by atoms with Gasteiger partial charge in [0.05, 0.1) is 23.4 Å². The zero-order chi connectivity index (χ0) is 20.8. The Bertz CT molecular complexity index is 986. The molecule has 2 aromatic carbocycles. The maximum atomic E-state index is 12.2. The fraction of sp³-hybridized carbons (Fsp3) is 0.348. The zero-order valence-corrected chi connectivity index (χ0v) is 19.4. The third-order valence-corrected chi connectivity index (χ3v) is 6.12. The van der Waals surface area contributed by atoms with Crippen LogP contribution in [0.3, 0.4) is 0 Å². The maximum absolute atomic E-state index is 12.2. The second kappa shape index (κ2) is 10.3. The summed E-state index contributed by atoms with van der Waals surface area (Å²) in [6, 6.07) is 12.6. The molecule has 0 fully saturated rings. The number of hydrogen-bond acceptors (Lipinski definition) is 4. The predicted molar refractivity (Wildman–Crippen MR) is 127 cm³/mol. The molecule has 0 aliphatic heterocycles. The summed E-state index contributed by atoms with van der Waals surface area (Å²) in [6.45, 7) is 5.34. The summed E-state index contributed by atoms with van der Waals surface area (Å²) >= 11 is 5.19. The molecule has 0 atom stereocenters. The number of alkyl halides is 1. The largest absolute Gasteiger partial charge is 0.377 e. The average Bonchev–Trinajstić information content (AvgIpc) is 3.10. The van der Waals surface area contributed by atoms with Crippen LogP contribution in [0.5, 0.6) is 0 Å². The van der Waals surface area contributed by atoms with Gasteiger partial charge >= 0.3 is 0 Å². The number of anilines is 1. The Morgan fingerprint density at radius 3 is 2.76 bits per heavy atom. The number of aromatic nitrogens is 1. The van der Waals surface area contributed by atoms with E-state index in [4.69, 9.17) is 9.72 Å². The molecule has 0 aliphatic rings. The maximum Gasteiger partial charge on any atom is 0.117 e. The molecule has 0 radical (unpaired) electrons. The number of rotatable bonds is 9. The molecule has 29 heavy (non-hydrogen) atoms. The molecule has 0 saturated heterocycles.